The van der Waals surface area contributed by atoms with Crippen LogP contribution in [0, 0.1) is 6.92 Å². The van der Waals surface area contributed by atoms with Gasteiger partial charge < -0.3 is 9.30 Å². The van der Waals surface area contributed by atoms with Crippen molar-refractivity contribution in [3.8, 4) is 11.5 Å². The van der Waals surface area contributed by atoms with Gasteiger partial charge in [0.05, 0.1) is 24.5 Å². The highest BCUT2D eigenvalue weighted by Gasteiger charge is 2.32. The van der Waals surface area contributed by atoms with Crippen molar-refractivity contribution in [1.29, 1.82) is 0 Å². The number of hydrogen-bond acceptors (Lipinski definition) is 4. The van der Waals surface area contributed by atoms with Gasteiger partial charge >= 0.3 is 6.09 Å². The number of carbonyl (C=O) groups is 1. The summed E-state index contributed by atoms with van der Waals surface area (Å²) < 4.78 is 9.45. The zero-order valence-corrected chi connectivity index (χ0v) is 15.3. The molecule has 7 heteroatoms. The maximum absolute atomic E-state index is 12.3. The molecule has 0 aliphatic carbocycles. The van der Waals surface area contributed by atoms with E-state index in [2.05, 4.69) is 16.6 Å². The Balaban J connectivity index is 1.87. The summed E-state index contributed by atoms with van der Waals surface area (Å²) in [4.78, 5) is 18.7. The smallest absolute Gasteiger partial charge is 0.410 e. The number of rotatable bonds is 2. The molecule has 0 saturated heterocycles. The molecular formula is C17H25N5O2. The fourth-order valence-electron chi connectivity index (χ4n) is 2.92. The van der Waals surface area contributed by atoms with E-state index in [1.54, 1.807) is 4.90 Å². The van der Waals surface area contributed by atoms with Crippen LogP contribution >= 0.6 is 0 Å². The van der Waals surface area contributed by atoms with E-state index >= 15 is 0 Å². The summed E-state index contributed by atoms with van der Waals surface area (Å²) in [7, 11) is 1.93. The minimum Gasteiger partial charge on any atom is -0.444 e. The van der Waals surface area contributed by atoms with E-state index in [4.69, 9.17) is 9.72 Å². The molecule has 7 nitrogen and oxygen atoms in total. The van der Waals surface area contributed by atoms with E-state index in [1.165, 1.54) is 0 Å². The number of hydrogen-bond donors (Lipinski definition) is 0. The van der Waals surface area contributed by atoms with Gasteiger partial charge in [-0.3, -0.25) is 9.58 Å². The maximum atomic E-state index is 12.3. The Hall–Kier alpha value is -2.31. The Bertz CT molecular complexity index is 762. The minimum atomic E-state index is -0.492. The van der Waals surface area contributed by atoms with Gasteiger partial charge in [0.15, 0.2) is 5.82 Å². The standard InChI is InChI=1S/C17H25N5O2/c1-7-22-14-10-21(16(23)24-17(3,4)5)9-13(14)18-15(22)12-8-11(2)20(6)19-12/h8H,7,9-10H2,1-6H3. The lowest BCUT2D eigenvalue weighted by molar-refractivity contribution is 0.0237. The number of nitrogens with zero attached hydrogens (tertiary/aromatic N) is 5. The van der Waals surface area contributed by atoms with Crippen LogP contribution in [0.2, 0.25) is 0 Å². The number of amides is 1. The molecule has 1 amide bonds. The molecule has 0 aromatic carbocycles. The number of fused-ring (bicyclic) bond motifs is 1. The fraction of sp³-hybridized carbons (Fsp3) is 0.588. The first-order valence-electron chi connectivity index (χ1n) is 8.27. The van der Waals surface area contributed by atoms with Crippen molar-refractivity contribution < 1.29 is 9.53 Å². The van der Waals surface area contributed by atoms with Gasteiger partial charge in [0, 0.05) is 19.3 Å². The largest absolute Gasteiger partial charge is 0.444 e. The third-order valence-corrected chi connectivity index (χ3v) is 4.15. The zero-order chi connectivity index (χ0) is 17.6. The third kappa shape index (κ3) is 2.90. The van der Waals surface area contributed by atoms with Crippen LogP contribution in [0.15, 0.2) is 6.07 Å². The van der Waals surface area contributed by atoms with Gasteiger partial charge in [-0.1, -0.05) is 0 Å². The van der Waals surface area contributed by atoms with Gasteiger partial charge in [-0.25, -0.2) is 9.78 Å². The minimum absolute atomic E-state index is 0.293. The van der Waals surface area contributed by atoms with Crippen molar-refractivity contribution in [3.05, 3.63) is 23.1 Å². The summed E-state index contributed by atoms with van der Waals surface area (Å²) in [5, 5.41) is 4.53. The molecule has 0 atom stereocenters. The van der Waals surface area contributed by atoms with Crippen molar-refractivity contribution in [2.24, 2.45) is 7.05 Å². The molecule has 0 fully saturated rings. The third-order valence-electron chi connectivity index (χ3n) is 4.15. The predicted octanol–water partition coefficient (Wildman–Crippen LogP) is 2.86. The first-order chi connectivity index (χ1) is 11.2. The average Bonchev–Trinajstić information content (AvgIpc) is 3.09. The van der Waals surface area contributed by atoms with E-state index in [0.717, 1.165) is 35.1 Å². The summed E-state index contributed by atoms with van der Waals surface area (Å²) >= 11 is 0. The summed E-state index contributed by atoms with van der Waals surface area (Å²) in [6.45, 7) is 11.5. The van der Waals surface area contributed by atoms with E-state index in [0.29, 0.717) is 13.1 Å². The van der Waals surface area contributed by atoms with Gasteiger partial charge in [-0.15, -0.1) is 0 Å². The molecule has 130 valence electrons. The van der Waals surface area contributed by atoms with Gasteiger partial charge in [0.25, 0.3) is 0 Å². The summed E-state index contributed by atoms with van der Waals surface area (Å²) in [6.07, 6.45) is -0.293. The number of ether oxygens (including phenoxy) is 1. The van der Waals surface area contributed by atoms with Crippen LogP contribution in [0.4, 0.5) is 4.79 Å². The second-order valence-corrected chi connectivity index (χ2v) is 7.20. The van der Waals surface area contributed by atoms with Crippen LogP contribution in [0.5, 0.6) is 0 Å². The van der Waals surface area contributed by atoms with Gasteiger partial charge in [-0.05, 0) is 40.7 Å². The Labute approximate surface area is 142 Å². The molecule has 0 bridgehead atoms. The second-order valence-electron chi connectivity index (χ2n) is 7.20. The van der Waals surface area contributed by atoms with E-state index in [9.17, 15) is 4.79 Å². The Morgan fingerprint density at radius 2 is 2.04 bits per heavy atom. The van der Waals surface area contributed by atoms with Crippen LogP contribution < -0.4 is 0 Å². The van der Waals surface area contributed by atoms with Crippen molar-refractivity contribution >= 4 is 6.09 Å². The van der Waals surface area contributed by atoms with Crippen LogP contribution in [0.3, 0.4) is 0 Å². The first kappa shape index (κ1) is 16.5. The topological polar surface area (TPSA) is 65.2 Å². The van der Waals surface area contributed by atoms with Crippen molar-refractivity contribution in [3.63, 3.8) is 0 Å². The predicted molar refractivity (Wildman–Crippen MR) is 90.3 cm³/mol. The molecule has 0 radical (unpaired) electrons. The van der Waals surface area contributed by atoms with Crippen LogP contribution in [0.1, 0.15) is 44.8 Å². The monoisotopic (exact) mass is 331 g/mol. The average molecular weight is 331 g/mol. The fourth-order valence-corrected chi connectivity index (χ4v) is 2.92. The Morgan fingerprint density at radius 3 is 2.58 bits per heavy atom. The van der Waals surface area contributed by atoms with E-state index < -0.39 is 5.60 Å². The van der Waals surface area contributed by atoms with Gasteiger partial charge in [0.2, 0.25) is 0 Å². The van der Waals surface area contributed by atoms with Gasteiger partial charge in [-0.2, -0.15) is 5.10 Å². The molecule has 0 saturated carbocycles. The Kier molecular flexibility index (Phi) is 3.89. The molecule has 3 rings (SSSR count). The summed E-state index contributed by atoms with van der Waals surface area (Å²) in [5.74, 6) is 0.870. The first-order valence-corrected chi connectivity index (χ1v) is 8.27. The molecule has 3 heterocycles. The lowest BCUT2D eigenvalue weighted by atomic mass is 10.2. The normalized spacial score (nSPS) is 14.2. The maximum Gasteiger partial charge on any atom is 0.410 e. The molecule has 1 aliphatic heterocycles. The second kappa shape index (κ2) is 5.65. The Morgan fingerprint density at radius 1 is 1.33 bits per heavy atom. The molecule has 0 spiro atoms. The molecule has 0 N–H and O–H groups in total. The van der Waals surface area contributed by atoms with Gasteiger partial charge in [0.1, 0.15) is 11.3 Å². The molecule has 0 unspecified atom stereocenters. The van der Waals surface area contributed by atoms with Crippen molar-refractivity contribution in [1.82, 2.24) is 24.2 Å². The molecule has 2 aromatic heterocycles. The summed E-state index contributed by atoms with van der Waals surface area (Å²) in [6, 6.07) is 2.04. The SMILES string of the molecule is CCn1c(-c2cc(C)n(C)n2)nc2c1CN(C(=O)OC(C)(C)C)C2. The van der Waals surface area contributed by atoms with E-state index in [1.807, 2.05) is 45.5 Å². The molecule has 1 aliphatic rings. The zero-order valence-electron chi connectivity index (χ0n) is 15.3. The molecular weight excluding hydrogens is 306 g/mol. The number of imidazole rings is 1. The highest BCUT2D eigenvalue weighted by atomic mass is 16.6. The van der Waals surface area contributed by atoms with Crippen molar-refractivity contribution in [2.75, 3.05) is 0 Å². The van der Waals surface area contributed by atoms with Crippen molar-refractivity contribution in [2.45, 2.75) is 59.9 Å². The van der Waals surface area contributed by atoms with Crippen LogP contribution in [-0.4, -0.2) is 35.9 Å². The lowest BCUT2D eigenvalue weighted by Crippen LogP contribution is -2.33. The lowest BCUT2D eigenvalue weighted by Gasteiger charge is -2.24. The number of aromatic nitrogens is 4. The van der Waals surface area contributed by atoms with Crippen LogP contribution in [0.25, 0.3) is 11.5 Å². The quantitative estimate of drug-likeness (QED) is 0.849. The number of carbonyl (C=O) groups excluding carboxylic acids is 1. The highest BCUT2D eigenvalue weighted by Crippen LogP contribution is 2.29. The highest BCUT2D eigenvalue weighted by molar-refractivity contribution is 5.69. The molecule has 2 aromatic rings. The molecule has 24 heavy (non-hydrogen) atoms. The summed E-state index contributed by atoms with van der Waals surface area (Å²) in [5.41, 5.74) is 3.47. The van der Waals surface area contributed by atoms with Crippen LogP contribution in [-0.2, 0) is 31.4 Å². The van der Waals surface area contributed by atoms with E-state index in [-0.39, 0.29) is 6.09 Å². The number of aryl methyl sites for hydroxylation is 2.